The number of carbonyl (C=O) groups excluding carboxylic acids is 1. The van der Waals surface area contributed by atoms with Gasteiger partial charge in [0.25, 0.3) is 0 Å². The third-order valence-electron chi connectivity index (χ3n) is 2.74. The molecule has 2 nitrogen and oxygen atoms in total. The maximum atomic E-state index is 11.4. The summed E-state index contributed by atoms with van der Waals surface area (Å²) in [6, 6.07) is 6.16. The van der Waals surface area contributed by atoms with Crippen molar-refractivity contribution in [3.05, 3.63) is 34.9 Å². The molecule has 0 bridgehead atoms. The Labute approximate surface area is 91.5 Å². The lowest BCUT2D eigenvalue weighted by Gasteiger charge is -2.20. The maximum Gasteiger partial charge on any atom is 0.225 e. The van der Waals surface area contributed by atoms with Crippen LogP contribution in [0.2, 0.25) is 0 Å². The van der Waals surface area contributed by atoms with Gasteiger partial charge in [-0.1, -0.05) is 37.6 Å². The molecule has 2 heteroatoms. The van der Waals surface area contributed by atoms with E-state index in [1.807, 2.05) is 33.8 Å². The van der Waals surface area contributed by atoms with E-state index in [-0.39, 0.29) is 17.7 Å². The number of primary amides is 1. The lowest BCUT2D eigenvalue weighted by atomic mass is 9.85. The molecular weight excluding hydrogens is 186 g/mol. The first kappa shape index (κ1) is 11.8. The quantitative estimate of drug-likeness (QED) is 0.809. The fourth-order valence-corrected chi connectivity index (χ4v) is 1.94. The van der Waals surface area contributed by atoms with Gasteiger partial charge in [-0.15, -0.1) is 0 Å². The molecule has 0 saturated carbocycles. The van der Waals surface area contributed by atoms with Gasteiger partial charge < -0.3 is 5.73 Å². The van der Waals surface area contributed by atoms with Crippen LogP contribution in [0.15, 0.2) is 18.2 Å². The van der Waals surface area contributed by atoms with E-state index in [1.165, 1.54) is 5.56 Å². The molecule has 2 N–H and O–H groups in total. The van der Waals surface area contributed by atoms with Crippen LogP contribution in [0.4, 0.5) is 0 Å². The van der Waals surface area contributed by atoms with Crippen LogP contribution in [0.5, 0.6) is 0 Å². The third-order valence-corrected chi connectivity index (χ3v) is 2.74. The van der Waals surface area contributed by atoms with Gasteiger partial charge in [0.05, 0.1) is 5.92 Å². The molecular formula is C13H19NO. The Morgan fingerprint density at radius 1 is 1.27 bits per heavy atom. The molecule has 0 aromatic heterocycles. The van der Waals surface area contributed by atoms with Crippen molar-refractivity contribution in [2.24, 2.45) is 11.7 Å². The van der Waals surface area contributed by atoms with Crippen molar-refractivity contribution < 1.29 is 4.79 Å². The fourth-order valence-electron chi connectivity index (χ4n) is 1.94. The van der Waals surface area contributed by atoms with E-state index in [9.17, 15) is 4.79 Å². The zero-order valence-electron chi connectivity index (χ0n) is 9.87. The number of nitrogens with two attached hydrogens (primary N) is 1. The molecule has 82 valence electrons. The molecule has 1 aromatic rings. The molecule has 0 aliphatic carbocycles. The summed E-state index contributed by atoms with van der Waals surface area (Å²) in [6.45, 7) is 8.10. The zero-order chi connectivity index (χ0) is 11.6. The van der Waals surface area contributed by atoms with Crippen LogP contribution in [-0.2, 0) is 4.79 Å². The Bertz CT molecular complexity index is 369. The van der Waals surface area contributed by atoms with Crippen LogP contribution in [-0.4, -0.2) is 5.91 Å². The Morgan fingerprint density at radius 3 is 2.33 bits per heavy atom. The van der Waals surface area contributed by atoms with Gasteiger partial charge in [0.1, 0.15) is 0 Å². The average molecular weight is 205 g/mol. The standard InChI is InChI=1S/C13H19NO/c1-8(2)12(13(14)15)11-7-9(3)5-6-10(11)4/h5-8,12H,1-4H3,(H2,14,15)/t12-/m1/s1. The molecule has 0 saturated heterocycles. The molecule has 0 fully saturated rings. The molecule has 0 radical (unpaired) electrons. The van der Waals surface area contributed by atoms with Crippen molar-refractivity contribution in [1.29, 1.82) is 0 Å². The first-order valence-corrected chi connectivity index (χ1v) is 5.30. The Hall–Kier alpha value is -1.31. The van der Waals surface area contributed by atoms with Gasteiger partial charge in [0.2, 0.25) is 5.91 Å². The molecule has 0 spiro atoms. The van der Waals surface area contributed by atoms with Gasteiger partial charge in [0.15, 0.2) is 0 Å². The fraction of sp³-hybridized carbons (Fsp3) is 0.462. The van der Waals surface area contributed by atoms with Gasteiger partial charge in [-0.05, 0) is 30.9 Å². The molecule has 1 atom stereocenters. The summed E-state index contributed by atoms with van der Waals surface area (Å²) in [6.07, 6.45) is 0. The molecule has 0 unspecified atom stereocenters. The lowest BCUT2D eigenvalue weighted by Crippen LogP contribution is -2.26. The summed E-state index contributed by atoms with van der Waals surface area (Å²) >= 11 is 0. The van der Waals surface area contributed by atoms with Crippen LogP contribution in [0.25, 0.3) is 0 Å². The van der Waals surface area contributed by atoms with E-state index in [1.54, 1.807) is 0 Å². The van der Waals surface area contributed by atoms with Gasteiger partial charge in [-0.2, -0.15) is 0 Å². The van der Waals surface area contributed by atoms with Gasteiger partial charge in [-0.3, -0.25) is 4.79 Å². The monoisotopic (exact) mass is 205 g/mol. The Balaban J connectivity index is 3.22. The topological polar surface area (TPSA) is 43.1 Å². The summed E-state index contributed by atoms with van der Waals surface area (Å²) in [5.74, 6) is -0.174. The summed E-state index contributed by atoms with van der Waals surface area (Å²) in [5.41, 5.74) is 8.82. The lowest BCUT2D eigenvalue weighted by molar-refractivity contribution is -0.120. The van der Waals surface area contributed by atoms with Crippen LogP contribution >= 0.6 is 0 Å². The molecule has 1 aromatic carbocycles. The maximum absolute atomic E-state index is 11.4. The van der Waals surface area contributed by atoms with Crippen LogP contribution < -0.4 is 5.73 Å². The average Bonchev–Trinajstić information content (AvgIpc) is 2.10. The number of benzene rings is 1. The van der Waals surface area contributed by atoms with E-state index in [4.69, 9.17) is 5.73 Å². The predicted molar refractivity (Wildman–Crippen MR) is 62.7 cm³/mol. The second-order valence-corrected chi connectivity index (χ2v) is 4.48. The van der Waals surface area contributed by atoms with E-state index in [0.717, 1.165) is 11.1 Å². The molecule has 0 aliphatic heterocycles. The van der Waals surface area contributed by atoms with E-state index >= 15 is 0 Å². The number of rotatable bonds is 3. The predicted octanol–water partition coefficient (Wildman–Crippen LogP) is 2.53. The number of hydrogen-bond donors (Lipinski definition) is 1. The summed E-state index contributed by atoms with van der Waals surface area (Å²) in [4.78, 5) is 11.4. The van der Waals surface area contributed by atoms with Gasteiger partial charge >= 0.3 is 0 Å². The van der Waals surface area contributed by atoms with Crippen molar-refractivity contribution in [2.45, 2.75) is 33.6 Å². The first-order valence-electron chi connectivity index (χ1n) is 5.30. The van der Waals surface area contributed by atoms with E-state index < -0.39 is 0 Å². The van der Waals surface area contributed by atoms with Gasteiger partial charge in [0, 0.05) is 0 Å². The highest BCUT2D eigenvalue weighted by Gasteiger charge is 2.23. The molecule has 0 aliphatic rings. The zero-order valence-corrected chi connectivity index (χ0v) is 9.87. The normalized spacial score (nSPS) is 12.9. The number of hydrogen-bond acceptors (Lipinski definition) is 1. The van der Waals surface area contributed by atoms with Crippen molar-refractivity contribution in [1.82, 2.24) is 0 Å². The molecule has 0 heterocycles. The summed E-state index contributed by atoms with van der Waals surface area (Å²) < 4.78 is 0. The Morgan fingerprint density at radius 2 is 1.87 bits per heavy atom. The highest BCUT2D eigenvalue weighted by Crippen LogP contribution is 2.27. The molecule has 15 heavy (non-hydrogen) atoms. The van der Waals surface area contributed by atoms with Crippen LogP contribution in [0, 0.1) is 19.8 Å². The molecule has 1 rings (SSSR count). The number of aryl methyl sites for hydroxylation is 2. The minimum Gasteiger partial charge on any atom is -0.369 e. The van der Waals surface area contributed by atoms with E-state index in [2.05, 4.69) is 12.1 Å². The van der Waals surface area contributed by atoms with Crippen molar-refractivity contribution in [2.75, 3.05) is 0 Å². The first-order chi connectivity index (χ1) is 6.93. The van der Waals surface area contributed by atoms with Gasteiger partial charge in [-0.25, -0.2) is 0 Å². The van der Waals surface area contributed by atoms with Crippen LogP contribution in [0.1, 0.15) is 36.5 Å². The number of amides is 1. The largest absolute Gasteiger partial charge is 0.369 e. The smallest absolute Gasteiger partial charge is 0.225 e. The molecule has 1 amide bonds. The number of carbonyl (C=O) groups is 1. The highest BCUT2D eigenvalue weighted by molar-refractivity contribution is 5.82. The minimum absolute atomic E-state index is 0.176. The highest BCUT2D eigenvalue weighted by atomic mass is 16.1. The summed E-state index contributed by atoms with van der Waals surface area (Å²) in [7, 11) is 0. The third kappa shape index (κ3) is 2.58. The SMILES string of the molecule is Cc1ccc(C)c([C@H](C(N)=O)C(C)C)c1. The van der Waals surface area contributed by atoms with Crippen LogP contribution in [0.3, 0.4) is 0 Å². The Kier molecular flexibility index (Phi) is 3.51. The second-order valence-electron chi connectivity index (χ2n) is 4.48. The van der Waals surface area contributed by atoms with Crippen molar-refractivity contribution in [3.8, 4) is 0 Å². The minimum atomic E-state index is -0.237. The summed E-state index contributed by atoms with van der Waals surface area (Å²) in [5, 5.41) is 0. The van der Waals surface area contributed by atoms with Crippen molar-refractivity contribution >= 4 is 5.91 Å². The second kappa shape index (κ2) is 4.47. The van der Waals surface area contributed by atoms with E-state index in [0.29, 0.717) is 0 Å². The van der Waals surface area contributed by atoms with Crippen molar-refractivity contribution in [3.63, 3.8) is 0 Å².